The lowest BCUT2D eigenvalue weighted by Gasteiger charge is -2.26. The number of nitrogens with zero attached hydrogens (tertiary/aromatic N) is 2. The highest BCUT2D eigenvalue weighted by Crippen LogP contribution is 2.44. The van der Waals surface area contributed by atoms with Gasteiger partial charge in [0.1, 0.15) is 23.6 Å². The van der Waals surface area contributed by atoms with Crippen molar-refractivity contribution in [2.24, 2.45) is 4.99 Å². The maximum absolute atomic E-state index is 12.5. The number of amides is 2. The molecule has 3 rings (SSSR count). The average molecular weight is 486 g/mol. The predicted molar refractivity (Wildman–Crippen MR) is 123 cm³/mol. The van der Waals surface area contributed by atoms with Gasteiger partial charge in [0.25, 0.3) is 5.91 Å². The van der Waals surface area contributed by atoms with Crippen LogP contribution in [0.15, 0.2) is 23.2 Å². The zero-order chi connectivity index (χ0) is 23.7. The Morgan fingerprint density at radius 2 is 1.94 bits per heavy atom. The maximum Gasteiger partial charge on any atom is 0.408 e. The molecule has 1 aromatic rings. The first-order chi connectivity index (χ1) is 14.9. The Hall–Kier alpha value is -2.47. The predicted octanol–water partition coefficient (Wildman–Crippen LogP) is 1.83. The van der Waals surface area contributed by atoms with Gasteiger partial charge in [-0.3, -0.25) is 4.79 Å². The van der Waals surface area contributed by atoms with Crippen LogP contribution < -0.4 is 19.7 Å². The number of benzene rings is 1. The number of anilines is 1. The lowest BCUT2D eigenvalue weighted by atomic mass is 10.2. The topological polar surface area (TPSA) is 124 Å². The molecular weight excluding hydrogens is 458 g/mol. The van der Waals surface area contributed by atoms with Crippen molar-refractivity contribution in [2.45, 2.75) is 37.7 Å². The second-order valence-corrected chi connectivity index (χ2v) is 11.7. The number of carbonyl (C=O) groups is 2. The van der Waals surface area contributed by atoms with Gasteiger partial charge in [-0.05, 0) is 32.9 Å². The van der Waals surface area contributed by atoms with Crippen LogP contribution in [0.3, 0.4) is 0 Å². The van der Waals surface area contributed by atoms with Crippen LogP contribution in [0.4, 0.5) is 10.5 Å². The highest BCUT2D eigenvalue weighted by Gasteiger charge is 2.50. The molecule has 2 atom stereocenters. The van der Waals surface area contributed by atoms with E-state index >= 15 is 0 Å². The summed E-state index contributed by atoms with van der Waals surface area (Å²) in [6, 6.07) is 4.76. The van der Waals surface area contributed by atoms with Crippen molar-refractivity contribution in [3.8, 4) is 11.5 Å². The monoisotopic (exact) mass is 485 g/mol. The van der Waals surface area contributed by atoms with E-state index in [1.807, 2.05) is 0 Å². The third-order valence-electron chi connectivity index (χ3n) is 4.72. The Morgan fingerprint density at radius 3 is 2.56 bits per heavy atom. The molecule has 0 bridgehead atoms. The lowest BCUT2D eigenvalue weighted by Crippen LogP contribution is -2.39. The van der Waals surface area contributed by atoms with Gasteiger partial charge in [-0.25, -0.2) is 13.2 Å². The Balaban J connectivity index is 1.86. The highest BCUT2D eigenvalue weighted by atomic mass is 32.2. The first-order valence-corrected chi connectivity index (χ1v) is 12.6. The number of fused-ring (bicyclic) bond motifs is 1. The smallest absolute Gasteiger partial charge is 0.408 e. The van der Waals surface area contributed by atoms with E-state index in [-0.39, 0.29) is 23.3 Å². The number of thioether (sulfide) groups is 1. The van der Waals surface area contributed by atoms with E-state index in [1.54, 1.807) is 43.9 Å². The molecule has 2 heterocycles. The van der Waals surface area contributed by atoms with Crippen molar-refractivity contribution in [1.82, 2.24) is 5.32 Å². The lowest BCUT2D eigenvalue weighted by molar-refractivity contribution is -0.117. The first-order valence-electron chi connectivity index (χ1n) is 9.89. The molecule has 2 saturated heterocycles. The van der Waals surface area contributed by atoms with Crippen molar-refractivity contribution >= 4 is 44.5 Å². The standard InChI is InChI=1S/C20H27N3O7S2/c1-20(2,3)30-19(25)21-9-17(24)22-18-23(14-10-32(26,27)11-16(14)31-18)13-7-6-12(28-4)8-15(13)29-5/h6-8,14,16H,9-11H2,1-5H3,(H,21,25)/t14-,16+/m1/s1. The zero-order valence-electron chi connectivity index (χ0n) is 18.6. The van der Waals surface area contributed by atoms with Crippen LogP contribution in [0.25, 0.3) is 0 Å². The van der Waals surface area contributed by atoms with Crippen molar-refractivity contribution in [1.29, 1.82) is 0 Å². The SMILES string of the molecule is COc1ccc(N2C(=NC(=O)CNC(=O)OC(C)(C)C)S[C@H]3CS(=O)(=O)C[C@H]32)c(OC)c1. The van der Waals surface area contributed by atoms with Crippen molar-refractivity contribution in [3.63, 3.8) is 0 Å². The largest absolute Gasteiger partial charge is 0.497 e. The molecule has 0 saturated carbocycles. The number of nitrogens with one attached hydrogen (secondary N) is 1. The van der Waals surface area contributed by atoms with Crippen molar-refractivity contribution < 1.29 is 32.2 Å². The van der Waals surface area contributed by atoms with Gasteiger partial charge in [-0.15, -0.1) is 0 Å². The normalized spacial score (nSPS) is 23.0. The Kier molecular flexibility index (Phi) is 6.94. The number of aliphatic imine (C=N–C) groups is 1. The average Bonchev–Trinajstić information content (AvgIpc) is 3.15. The Bertz CT molecular complexity index is 1030. The van der Waals surface area contributed by atoms with E-state index in [1.165, 1.54) is 26.0 Å². The maximum atomic E-state index is 12.5. The quantitative estimate of drug-likeness (QED) is 0.665. The molecule has 1 aromatic carbocycles. The minimum atomic E-state index is -3.21. The van der Waals surface area contributed by atoms with Gasteiger partial charge in [0.2, 0.25) is 0 Å². The molecule has 10 nitrogen and oxygen atoms in total. The second-order valence-electron chi connectivity index (χ2n) is 8.35. The molecule has 0 aromatic heterocycles. The van der Waals surface area contributed by atoms with E-state index in [2.05, 4.69) is 10.3 Å². The van der Waals surface area contributed by atoms with E-state index < -0.39 is 33.5 Å². The molecule has 2 aliphatic heterocycles. The molecule has 0 unspecified atom stereocenters. The Morgan fingerprint density at radius 1 is 1.22 bits per heavy atom. The summed E-state index contributed by atoms with van der Waals surface area (Å²) in [4.78, 5) is 30.2. The molecule has 1 N–H and O–H groups in total. The number of rotatable bonds is 5. The fourth-order valence-electron chi connectivity index (χ4n) is 3.44. The van der Waals surface area contributed by atoms with Crippen LogP contribution in [0.5, 0.6) is 11.5 Å². The number of hydrogen-bond donors (Lipinski definition) is 1. The third kappa shape index (κ3) is 5.66. The number of alkyl carbamates (subject to hydrolysis) is 1. The van der Waals surface area contributed by atoms with Gasteiger partial charge in [-0.1, -0.05) is 11.8 Å². The number of hydrogen-bond acceptors (Lipinski definition) is 8. The minimum Gasteiger partial charge on any atom is -0.497 e. The van der Waals surface area contributed by atoms with Gasteiger partial charge in [0.15, 0.2) is 15.0 Å². The number of methoxy groups -OCH3 is 2. The van der Waals surface area contributed by atoms with Gasteiger partial charge in [0, 0.05) is 11.3 Å². The van der Waals surface area contributed by atoms with E-state index in [0.717, 1.165) is 0 Å². The molecule has 0 aliphatic carbocycles. The number of ether oxygens (including phenoxy) is 3. The van der Waals surface area contributed by atoms with Gasteiger partial charge in [-0.2, -0.15) is 4.99 Å². The first kappa shape index (κ1) is 24.2. The van der Waals surface area contributed by atoms with Crippen LogP contribution in [0.1, 0.15) is 20.8 Å². The molecule has 176 valence electrons. The van der Waals surface area contributed by atoms with Crippen LogP contribution in [-0.4, -0.2) is 74.7 Å². The fraction of sp³-hybridized carbons (Fsp3) is 0.550. The van der Waals surface area contributed by atoms with E-state index in [0.29, 0.717) is 22.4 Å². The molecule has 12 heteroatoms. The van der Waals surface area contributed by atoms with E-state index in [4.69, 9.17) is 14.2 Å². The Labute approximate surface area is 191 Å². The summed E-state index contributed by atoms with van der Waals surface area (Å²) in [5.41, 5.74) is -0.109. The van der Waals surface area contributed by atoms with Crippen LogP contribution in [0.2, 0.25) is 0 Å². The van der Waals surface area contributed by atoms with Crippen molar-refractivity contribution in [2.75, 3.05) is 37.2 Å². The van der Waals surface area contributed by atoms with Gasteiger partial charge < -0.3 is 24.4 Å². The summed E-state index contributed by atoms with van der Waals surface area (Å²) in [5.74, 6) is 0.397. The van der Waals surface area contributed by atoms with Crippen molar-refractivity contribution in [3.05, 3.63) is 18.2 Å². The summed E-state index contributed by atoms with van der Waals surface area (Å²) >= 11 is 1.23. The molecule has 0 spiro atoms. The van der Waals surface area contributed by atoms with E-state index in [9.17, 15) is 18.0 Å². The number of sulfone groups is 1. The third-order valence-corrected chi connectivity index (χ3v) is 7.93. The minimum absolute atomic E-state index is 0.000667. The molecule has 0 radical (unpaired) electrons. The van der Waals surface area contributed by atoms with Crippen LogP contribution in [0, 0.1) is 0 Å². The summed E-state index contributed by atoms with van der Waals surface area (Å²) in [6.07, 6.45) is -0.721. The van der Waals surface area contributed by atoms with Crippen LogP contribution in [-0.2, 0) is 19.4 Å². The molecule has 2 aliphatic rings. The van der Waals surface area contributed by atoms with Gasteiger partial charge >= 0.3 is 6.09 Å². The number of carbonyl (C=O) groups excluding carboxylic acids is 2. The summed E-state index contributed by atoms with van der Waals surface area (Å²) in [5, 5.41) is 2.48. The summed E-state index contributed by atoms with van der Waals surface area (Å²) in [6.45, 7) is 4.81. The molecule has 32 heavy (non-hydrogen) atoms. The summed E-state index contributed by atoms with van der Waals surface area (Å²) < 4.78 is 40.3. The van der Waals surface area contributed by atoms with Gasteiger partial charge in [0.05, 0.1) is 37.5 Å². The molecule has 2 fully saturated rings. The van der Waals surface area contributed by atoms with Crippen LogP contribution >= 0.6 is 11.8 Å². The second kappa shape index (κ2) is 9.18. The zero-order valence-corrected chi connectivity index (χ0v) is 20.2. The highest BCUT2D eigenvalue weighted by molar-refractivity contribution is 8.16. The molecule has 2 amide bonds. The summed E-state index contributed by atoms with van der Waals surface area (Å²) in [7, 11) is -0.183. The molecular formula is C20H27N3O7S2. The fourth-order valence-corrected chi connectivity index (χ4v) is 7.36. The number of amidine groups is 1.